The smallest absolute Gasteiger partial charge is 0.315 e. The number of aliphatic hydroxyl groups is 1. The SMILES string of the molecule is CC1(C)CCCC1NC(=O)NCc1ccccc1CO. The fraction of sp³-hybridized carbons (Fsp3) is 0.562. The number of aliphatic hydroxyl groups excluding tert-OH is 1. The Kier molecular flexibility index (Phi) is 4.65. The van der Waals surface area contributed by atoms with E-state index in [1.165, 1.54) is 6.42 Å². The van der Waals surface area contributed by atoms with Crippen molar-refractivity contribution in [2.75, 3.05) is 0 Å². The molecule has 20 heavy (non-hydrogen) atoms. The predicted octanol–water partition coefficient (Wildman–Crippen LogP) is 2.56. The van der Waals surface area contributed by atoms with Crippen LogP contribution in [-0.4, -0.2) is 17.2 Å². The fourth-order valence-corrected chi connectivity index (χ4v) is 2.86. The molecule has 110 valence electrons. The van der Waals surface area contributed by atoms with Crippen LogP contribution >= 0.6 is 0 Å². The molecule has 1 aromatic carbocycles. The highest BCUT2D eigenvalue weighted by Gasteiger charge is 2.35. The number of carbonyl (C=O) groups excluding carboxylic acids is 1. The molecule has 0 saturated heterocycles. The standard InChI is InChI=1S/C16H24N2O2/c1-16(2)9-5-8-14(16)18-15(20)17-10-12-6-3-4-7-13(12)11-19/h3-4,6-7,14,19H,5,8-11H2,1-2H3,(H2,17,18,20). The molecular weight excluding hydrogens is 252 g/mol. The van der Waals surface area contributed by atoms with Gasteiger partial charge >= 0.3 is 6.03 Å². The molecule has 1 aliphatic carbocycles. The van der Waals surface area contributed by atoms with Crippen LogP contribution in [0.2, 0.25) is 0 Å². The van der Waals surface area contributed by atoms with Gasteiger partial charge in [0, 0.05) is 12.6 Å². The van der Waals surface area contributed by atoms with Crippen molar-refractivity contribution in [2.45, 2.75) is 52.3 Å². The maximum Gasteiger partial charge on any atom is 0.315 e. The van der Waals surface area contributed by atoms with Gasteiger partial charge in [0.15, 0.2) is 0 Å². The summed E-state index contributed by atoms with van der Waals surface area (Å²) in [4.78, 5) is 12.0. The Bertz CT molecular complexity index is 471. The number of rotatable bonds is 4. The van der Waals surface area contributed by atoms with Crippen LogP contribution in [0.1, 0.15) is 44.2 Å². The molecule has 0 bridgehead atoms. The molecule has 1 aromatic rings. The molecule has 0 heterocycles. The zero-order valence-corrected chi connectivity index (χ0v) is 12.3. The number of hydrogen-bond acceptors (Lipinski definition) is 2. The highest BCUT2D eigenvalue weighted by atomic mass is 16.3. The van der Waals surface area contributed by atoms with Crippen molar-refractivity contribution in [3.63, 3.8) is 0 Å². The Morgan fingerprint density at radius 2 is 2.05 bits per heavy atom. The largest absolute Gasteiger partial charge is 0.392 e. The number of carbonyl (C=O) groups is 1. The minimum absolute atomic E-state index is 0.00483. The van der Waals surface area contributed by atoms with E-state index in [1.807, 2.05) is 24.3 Å². The van der Waals surface area contributed by atoms with Gasteiger partial charge in [0.1, 0.15) is 0 Å². The molecule has 0 spiro atoms. The van der Waals surface area contributed by atoms with Crippen LogP contribution in [0.3, 0.4) is 0 Å². The van der Waals surface area contributed by atoms with Gasteiger partial charge in [-0.2, -0.15) is 0 Å². The lowest BCUT2D eigenvalue weighted by molar-refractivity contribution is 0.221. The molecule has 1 unspecified atom stereocenters. The summed E-state index contributed by atoms with van der Waals surface area (Å²) >= 11 is 0. The van der Waals surface area contributed by atoms with Gasteiger partial charge in [-0.05, 0) is 29.4 Å². The maximum absolute atomic E-state index is 12.0. The summed E-state index contributed by atoms with van der Waals surface area (Å²) in [7, 11) is 0. The van der Waals surface area contributed by atoms with Gasteiger partial charge in [0.05, 0.1) is 6.61 Å². The first kappa shape index (κ1) is 14.9. The second-order valence-electron chi connectivity index (χ2n) is 6.19. The number of benzene rings is 1. The van der Waals surface area contributed by atoms with Crippen LogP contribution in [0.5, 0.6) is 0 Å². The van der Waals surface area contributed by atoms with Gasteiger partial charge in [0.25, 0.3) is 0 Å². The molecule has 0 aliphatic heterocycles. The predicted molar refractivity (Wildman–Crippen MR) is 79.2 cm³/mol. The van der Waals surface area contributed by atoms with E-state index in [2.05, 4.69) is 24.5 Å². The van der Waals surface area contributed by atoms with E-state index in [-0.39, 0.29) is 24.1 Å². The van der Waals surface area contributed by atoms with E-state index in [4.69, 9.17) is 0 Å². The Morgan fingerprint density at radius 3 is 2.65 bits per heavy atom. The summed E-state index contributed by atoms with van der Waals surface area (Å²) in [6.07, 6.45) is 3.38. The third-order valence-corrected chi connectivity index (χ3v) is 4.29. The van der Waals surface area contributed by atoms with Crippen LogP contribution in [0, 0.1) is 5.41 Å². The highest BCUT2D eigenvalue weighted by molar-refractivity contribution is 5.74. The minimum atomic E-state index is -0.127. The van der Waals surface area contributed by atoms with Crippen molar-refractivity contribution in [2.24, 2.45) is 5.41 Å². The molecule has 1 fully saturated rings. The third kappa shape index (κ3) is 3.51. The topological polar surface area (TPSA) is 61.4 Å². The number of nitrogens with one attached hydrogen (secondary N) is 2. The summed E-state index contributed by atoms with van der Waals surface area (Å²) in [5.41, 5.74) is 1.99. The van der Waals surface area contributed by atoms with Crippen molar-refractivity contribution < 1.29 is 9.90 Å². The van der Waals surface area contributed by atoms with Crippen molar-refractivity contribution in [1.29, 1.82) is 0 Å². The first-order chi connectivity index (χ1) is 9.53. The molecule has 1 saturated carbocycles. The van der Waals surface area contributed by atoms with Crippen molar-refractivity contribution >= 4 is 6.03 Å². The van der Waals surface area contributed by atoms with Gasteiger partial charge in [-0.3, -0.25) is 0 Å². The van der Waals surface area contributed by atoms with Gasteiger partial charge in [0.2, 0.25) is 0 Å². The Hall–Kier alpha value is -1.55. The van der Waals surface area contributed by atoms with Gasteiger partial charge in [-0.25, -0.2) is 4.79 Å². The van der Waals surface area contributed by atoms with E-state index in [0.29, 0.717) is 6.54 Å². The summed E-state index contributed by atoms with van der Waals surface area (Å²) in [6, 6.07) is 7.71. The van der Waals surface area contributed by atoms with Gasteiger partial charge in [-0.1, -0.05) is 44.5 Å². The third-order valence-electron chi connectivity index (χ3n) is 4.29. The van der Waals surface area contributed by atoms with E-state index in [1.54, 1.807) is 0 Å². The lowest BCUT2D eigenvalue weighted by Gasteiger charge is -2.27. The fourth-order valence-electron chi connectivity index (χ4n) is 2.86. The molecular formula is C16H24N2O2. The molecule has 4 nitrogen and oxygen atoms in total. The van der Waals surface area contributed by atoms with E-state index >= 15 is 0 Å². The molecule has 2 rings (SSSR count). The Balaban J connectivity index is 1.86. The van der Waals surface area contributed by atoms with Crippen molar-refractivity contribution in [1.82, 2.24) is 10.6 Å². The summed E-state index contributed by atoms with van der Waals surface area (Å²) in [6.45, 7) is 4.84. The zero-order valence-electron chi connectivity index (χ0n) is 12.3. The van der Waals surface area contributed by atoms with E-state index in [0.717, 1.165) is 24.0 Å². The van der Waals surface area contributed by atoms with Crippen LogP contribution < -0.4 is 10.6 Å². The summed E-state index contributed by atoms with van der Waals surface area (Å²) < 4.78 is 0. The molecule has 3 N–H and O–H groups in total. The number of hydrogen-bond donors (Lipinski definition) is 3. The zero-order chi connectivity index (χ0) is 14.6. The normalized spacial score (nSPS) is 20.6. The van der Waals surface area contributed by atoms with E-state index in [9.17, 15) is 9.90 Å². The van der Waals surface area contributed by atoms with Crippen molar-refractivity contribution in [3.8, 4) is 0 Å². The second kappa shape index (κ2) is 6.27. The average molecular weight is 276 g/mol. The number of amides is 2. The summed E-state index contributed by atoms with van der Waals surface area (Å²) in [5.74, 6) is 0. The molecule has 4 heteroatoms. The first-order valence-corrected chi connectivity index (χ1v) is 7.25. The minimum Gasteiger partial charge on any atom is -0.392 e. The van der Waals surface area contributed by atoms with Gasteiger partial charge < -0.3 is 15.7 Å². The first-order valence-electron chi connectivity index (χ1n) is 7.25. The van der Waals surface area contributed by atoms with Crippen LogP contribution in [0.15, 0.2) is 24.3 Å². The van der Waals surface area contributed by atoms with E-state index < -0.39 is 0 Å². The van der Waals surface area contributed by atoms with Crippen LogP contribution in [0.4, 0.5) is 4.79 Å². The average Bonchev–Trinajstić information content (AvgIpc) is 2.76. The quantitative estimate of drug-likeness (QED) is 0.791. The molecule has 1 aliphatic rings. The molecule has 0 radical (unpaired) electrons. The molecule has 0 aromatic heterocycles. The van der Waals surface area contributed by atoms with Gasteiger partial charge in [-0.15, -0.1) is 0 Å². The lowest BCUT2D eigenvalue weighted by Crippen LogP contribution is -2.46. The Labute approximate surface area is 120 Å². The Morgan fingerprint density at radius 1 is 1.35 bits per heavy atom. The van der Waals surface area contributed by atoms with Crippen LogP contribution in [-0.2, 0) is 13.2 Å². The monoisotopic (exact) mass is 276 g/mol. The second-order valence-corrected chi connectivity index (χ2v) is 6.19. The number of urea groups is 1. The van der Waals surface area contributed by atoms with Crippen LogP contribution in [0.25, 0.3) is 0 Å². The lowest BCUT2D eigenvalue weighted by atomic mass is 9.87. The van der Waals surface area contributed by atoms with Crippen molar-refractivity contribution in [3.05, 3.63) is 35.4 Å². The maximum atomic E-state index is 12.0. The molecule has 2 amide bonds. The molecule has 1 atom stereocenters. The summed E-state index contributed by atoms with van der Waals surface area (Å²) in [5, 5.41) is 15.2. The highest BCUT2D eigenvalue weighted by Crippen LogP contribution is 2.37.